The van der Waals surface area contributed by atoms with Crippen molar-refractivity contribution in [2.45, 2.75) is 31.8 Å². The third kappa shape index (κ3) is 3.71. The van der Waals surface area contributed by atoms with Gasteiger partial charge in [-0.2, -0.15) is 0 Å². The van der Waals surface area contributed by atoms with Crippen molar-refractivity contribution in [3.8, 4) is 0 Å². The van der Waals surface area contributed by atoms with Crippen molar-refractivity contribution >= 4 is 23.6 Å². The molecule has 7 nitrogen and oxygen atoms in total. The summed E-state index contributed by atoms with van der Waals surface area (Å²) in [6, 6.07) is 5.86. The van der Waals surface area contributed by atoms with E-state index in [1.165, 1.54) is 6.92 Å². The molecular weight excluding hydrogens is 274 g/mol. The lowest BCUT2D eigenvalue weighted by atomic mass is 10.1. The van der Waals surface area contributed by atoms with Gasteiger partial charge in [0.1, 0.15) is 12.1 Å². The topological polar surface area (TPSA) is 108 Å². The van der Waals surface area contributed by atoms with Gasteiger partial charge in [0.2, 0.25) is 11.8 Å². The van der Waals surface area contributed by atoms with Gasteiger partial charge in [0.25, 0.3) is 0 Å². The van der Waals surface area contributed by atoms with Crippen LogP contribution in [0.25, 0.3) is 0 Å². The van der Waals surface area contributed by atoms with Gasteiger partial charge in [-0.1, -0.05) is 18.2 Å². The molecule has 0 unspecified atom stereocenters. The van der Waals surface area contributed by atoms with Gasteiger partial charge in [0, 0.05) is 5.69 Å². The van der Waals surface area contributed by atoms with Crippen molar-refractivity contribution in [1.29, 1.82) is 0 Å². The first kappa shape index (κ1) is 14.8. The minimum Gasteiger partial charge on any atom is -0.465 e. The Morgan fingerprint density at radius 1 is 1.38 bits per heavy atom. The molecule has 1 aromatic carbocycles. The maximum Gasteiger partial charge on any atom is 0.405 e. The molecule has 3 amide bonds. The average molecular weight is 291 g/mol. The Balaban J connectivity index is 2.01. The fourth-order valence-electron chi connectivity index (χ4n) is 2.20. The Bertz CT molecular complexity index is 573. The van der Waals surface area contributed by atoms with Crippen LogP contribution in [0.1, 0.15) is 18.9 Å². The van der Waals surface area contributed by atoms with Crippen LogP contribution in [0.5, 0.6) is 0 Å². The third-order valence-electron chi connectivity index (χ3n) is 3.34. The monoisotopic (exact) mass is 291 g/mol. The van der Waals surface area contributed by atoms with Crippen molar-refractivity contribution < 1.29 is 19.5 Å². The number of amides is 3. The maximum atomic E-state index is 12.1. The lowest BCUT2D eigenvalue weighted by molar-refractivity contribution is -0.127. The van der Waals surface area contributed by atoms with Crippen molar-refractivity contribution in [3.63, 3.8) is 0 Å². The first-order chi connectivity index (χ1) is 9.97. The van der Waals surface area contributed by atoms with E-state index in [9.17, 15) is 14.4 Å². The molecule has 0 radical (unpaired) electrons. The first-order valence-corrected chi connectivity index (χ1v) is 6.66. The van der Waals surface area contributed by atoms with E-state index in [1.807, 2.05) is 24.3 Å². The lowest BCUT2D eigenvalue weighted by Crippen LogP contribution is -2.51. The third-order valence-corrected chi connectivity index (χ3v) is 3.34. The fraction of sp³-hybridized carbons (Fsp3) is 0.357. The zero-order valence-corrected chi connectivity index (χ0v) is 11.6. The molecule has 0 bridgehead atoms. The molecule has 0 fully saturated rings. The number of carboxylic acid groups (broad SMARTS) is 1. The number of rotatable bonds is 3. The van der Waals surface area contributed by atoms with E-state index in [4.69, 9.17) is 5.11 Å². The summed E-state index contributed by atoms with van der Waals surface area (Å²) in [5.41, 5.74) is 1.76. The number of carbonyl (C=O) groups excluding carboxylic acids is 2. The summed E-state index contributed by atoms with van der Waals surface area (Å²) in [6.45, 7) is 1.42. The van der Waals surface area contributed by atoms with Gasteiger partial charge < -0.3 is 21.1 Å². The molecule has 2 rings (SSSR count). The summed E-state index contributed by atoms with van der Waals surface area (Å²) in [7, 11) is 0. The van der Waals surface area contributed by atoms with E-state index in [0.29, 0.717) is 12.8 Å². The second-order valence-corrected chi connectivity index (χ2v) is 4.92. The largest absolute Gasteiger partial charge is 0.465 e. The molecule has 1 heterocycles. The molecule has 7 heteroatoms. The number of hydrogen-bond acceptors (Lipinski definition) is 3. The zero-order chi connectivity index (χ0) is 15.4. The van der Waals surface area contributed by atoms with Gasteiger partial charge in [0.05, 0.1) is 0 Å². The number of benzene rings is 1. The molecular formula is C14H17N3O4. The molecule has 0 aromatic heterocycles. The number of para-hydroxylation sites is 1. The summed E-state index contributed by atoms with van der Waals surface area (Å²) in [5, 5.41) is 16.0. The minimum absolute atomic E-state index is 0.296. The summed E-state index contributed by atoms with van der Waals surface area (Å²) >= 11 is 0. The van der Waals surface area contributed by atoms with E-state index in [1.54, 1.807) is 0 Å². The highest BCUT2D eigenvalue weighted by atomic mass is 16.4. The first-order valence-electron chi connectivity index (χ1n) is 6.66. The minimum atomic E-state index is -1.28. The van der Waals surface area contributed by atoms with Gasteiger partial charge in [0.15, 0.2) is 0 Å². The molecule has 0 saturated carbocycles. The number of hydrogen-bond donors (Lipinski definition) is 4. The smallest absolute Gasteiger partial charge is 0.405 e. The predicted molar refractivity (Wildman–Crippen MR) is 75.9 cm³/mol. The maximum absolute atomic E-state index is 12.1. The highest BCUT2D eigenvalue weighted by molar-refractivity contribution is 5.99. The average Bonchev–Trinajstić information content (AvgIpc) is 2.58. The Hall–Kier alpha value is -2.57. The van der Waals surface area contributed by atoms with Crippen molar-refractivity contribution in [2.75, 3.05) is 5.32 Å². The van der Waals surface area contributed by atoms with Crippen LogP contribution in [0.2, 0.25) is 0 Å². The lowest BCUT2D eigenvalue weighted by Gasteiger charge is -2.18. The second-order valence-electron chi connectivity index (χ2n) is 4.92. The highest BCUT2D eigenvalue weighted by Crippen LogP contribution is 2.21. The normalized spacial score (nSPS) is 18.7. The highest BCUT2D eigenvalue weighted by Gasteiger charge is 2.26. The number of carbonyl (C=O) groups is 3. The Morgan fingerprint density at radius 3 is 2.81 bits per heavy atom. The van der Waals surface area contributed by atoms with Crippen LogP contribution in [-0.4, -0.2) is 35.1 Å². The van der Waals surface area contributed by atoms with Crippen LogP contribution < -0.4 is 16.0 Å². The van der Waals surface area contributed by atoms with E-state index in [-0.39, 0.29) is 5.91 Å². The SMILES string of the molecule is C[C@H](NC(=O)O)C(=O)N[C@H]1CCc2ccccc2NC1=O. The molecule has 0 aliphatic carbocycles. The van der Waals surface area contributed by atoms with Crippen molar-refractivity contribution in [1.82, 2.24) is 10.6 Å². The fourth-order valence-corrected chi connectivity index (χ4v) is 2.20. The van der Waals surface area contributed by atoms with Gasteiger partial charge in [-0.15, -0.1) is 0 Å². The number of fused-ring (bicyclic) bond motifs is 1. The predicted octanol–water partition coefficient (Wildman–Crippen LogP) is 0.712. The van der Waals surface area contributed by atoms with Crippen LogP contribution in [0.4, 0.5) is 10.5 Å². The number of nitrogens with one attached hydrogen (secondary N) is 3. The summed E-state index contributed by atoms with van der Waals surface area (Å²) in [6.07, 6.45) is -0.162. The molecule has 1 aliphatic heterocycles. The molecule has 2 atom stereocenters. The van der Waals surface area contributed by atoms with E-state index >= 15 is 0 Å². The Morgan fingerprint density at radius 2 is 2.10 bits per heavy atom. The van der Waals surface area contributed by atoms with Crippen LogP contribution in [0, 0.1) is 0 Å². The molecule has 112 valence electrons. The van der Waals surface area contributed by atoms with E-state index in [0.717, 1.165) is 11.3 Å². The van der Waals surface area contributed by atoms with Crippen LogP contribution in [0.3, 0.4) is 0 Å². The van der Waals surface area contributed by atoms with E-state index < -0.39 is 24.1 Å². The summed E-state index contributed by atoms with van der Waals surface area (Å²) in [5.74, 6) is -0.820. The standard InChI is InChI=1S/C14H17N3O4/c1-8(15-14(20)21)12(18)17-11-7-6-9-4-2-3-5-10(9)16-13(11)19/h2-5,8,11,15H,6-7H2,1H3,(H,16,19)(H,17,18)(H,20,21)/t8-,11-/m0/s1. The van der Waals surface area contributed by atoms with Crippen LogP contribution in [-0.2, 0) is 16.0 Å². The van der Waals surface area contributed by atoms with Crippen LogP contribution >= 0.6 is 0 Å². The van der Waals surface area contributed by atoms with E-state index in [2.05, 4.69) is 16.0 Å². The quantitative estimate of drug-likeness (QED) is 0.658. The van der Waals surface area contributed by atoms with Gasteiger partial charge >= 0.3 is 6.09 Å². The molecule has 4 N–H and O–H groups in total. The van der Waals surface area contributed by atoms with Crippen molar-refractivity contribution in [2.24, 2.45) is 0 Å². The Labute approximate surface area is 121 Å². The van der Waals surface area contributed by atoms with Crippen molar-refractivity contribution in [3.05, 3.63) is 29.8 Å². The van der Waals surface area contributed by atoms with Gasteiger partial charge in [-0.3, -0.25) is 9.59 Å². The molecule has 0 spiro atoms. The molecule has 21 heavy (non-hydrogen) atoms. The zero-order valence-electron chi connectivity index (χ0n) is 11.6. The molecule has 0 saturated heterocycles. The molecule has 1 aliphatic rings. The van der Waals surface area contributed by atoms with Gasteiger partial charge in [-0.25, -0.2) is 4.79 Å². The molecule has 1 aromatic rings. The second kappa shape index (κ2) is 6.25. The number of anilines is 1. The summed E-state index contributed by atoms with van der Waals surface area (Å²) < 4.78 is 0. The number of aryl methyl sites for hydroxylation is 1. The summed E-state index contributed by atoms with van der Waals surface area (Å²) in [4.78, 5) is 34.5. The van der Waals surface area contributed by atoms with Gasteiger partial charge in [-0.05, 0) is 31.4 Å². The Kier molecular flexibility index (Phi) is 4.42. The van der Waals surface area contributed by atoms with Crippen LogP contribution in [0.15, 0.2) is 24.3 Å².